The Morgan fingerprint density at radius 3 is 2.51 bits per heavy atom. The number of aromatic nitrogens is 4. The van der Waals surface area contributed by atoms with Crippen LogP contribution in [0.2, 0.25) is 0 Å². The Hall–Kier alpha value is -4.86. The van der Waals surface area contributed by atoms with E-state index in [1.807, 2.05) is 13.2 Å². The molecule has 35 heavy (non-hydrogen) atoms. The lowest BCUT2D eigenvalue weighted by Crippen LogP contribution is -2.19. The lowest BCUT2D eigenvalue weighted by molar-refractivity contribution is 0.262. The van der Waals surface area contributed by atoms with Crippen molar-refractivity contribution >= 4 is 28.4 Å². The summed E-state index contributed by atoms with van der Waals surface area (Å²) in [6, 6.07) is 13.7. The van der Waals surface area contributed by atoms with Gasteiger partial charge in [-0.1, -0.05) is 6.07 Å². The van der Waals surface area contributed by atoms with Crippen LogP contribution in [0.4, 0.5) is 25.0 Å². The number of nitrogens with one attached hydrogen (secondary N) is 2. The topological polar surface area (TPSA) is 94.0 Å². The molecular formula is C25H18F2N6O2. The van der Waals surface area contributed by atoms with Crippen molar-refractivity contribution in [2.45, 2.75) is 0 Å². The smallest absolute Gasteiger partial charge is 0.323 e. The van der Waals surface area contributed by atoms with Gasteiger partial charge in [-0.3, -0.25) is 9.67 Å². The Balaban J connectivity index is 1.34. The van der Waals surface area contributed by atoms with Crippen molar-refractivity contribution in [1.29, 1.82) is 0 Å². The van der Waals surface area contributed by atoms with Crippen molar-refractivity contribution in [1.82, 2.24) is 19.7 Å². The third kappa shape index (κ3) is 5.22. The third-order valence-electron chi connectivity index (χ3n) is 4.96. The molecule has 5 rings (SSSR count). The number of carbonyl (C=O) groups excluding carboxylic acids is 1. The molecule has 0 aliphatic heterocycles. The Morgan fingerprint density at radius 2 is 1.71 bits per heavy atom. The number of urea groups is 1. The predicted molar refractivity (Wildman–Crippen MR) is 127 cm³/mol. The first-order valence-electron chi connectivity index (χ1n) is 10.5. The van der Waals surface area contributed by atoms with Gasteiger partial charge in [-0.05, 0) is 36.4 Å². The molecule has 0 bridgehead atoms. The van der Waals surface area contributed by atoms with E-state index in [1.54, 1.807) is 35.3 Å². The predicted octanol–water partition coefficient (Wildman–Crippen LogP) is 5.74. The van der Waals surface area contributed by atoms with Crippen molar-refractivity contribution in [2.75, 3.05) is 10.6 Å². The summed E-state index contributed by atoms with van der Waals surface area (Å²) < 4.78 is 35.0. The summed E-state index contributed by atoms with van der Waals surface area (Å²) in [7, 11) is 1.82. The molecule has 0 radical (unpaired) electrons. The second-order valence-electron chi connectivity index (χ2n) is 7.68. The average molecular weight is 472 g/mol. The highest BCUT2D eigenvalue weighted by atomic mass is 19.1. The molecule has 0 spiro atoms. The zero-order valence-electron chi connectivity index (χ0n) is 18.4. The number of anilines is 2. The van der Waals surface area contributed by atoms with Crippen molar-refractivity contribution in [3.63, 3.8) is 0 Å². The number of rotatable bonds is 5. The van der Waals surface area contributed by atoms with E-state index in [0.29, 0.717) is 22.5 Å². The molecule has 8 nitrogen and oxygen atoms in total. The lowest BCUT2D eigenvalue weighted by Gasteiger charge is -2.11. The molecule has 0 unspecified atom stereocenters. The molecule has 3 aromatic carbocycles. The first kappa shape index (κ1) is 22.0. The van der Waals surface area contributed by atoms with Crippen molar-refractivity contribution < 1.29 is 18.3 Å². The number of hydrogen-bond acceptors (Lipinski definition) is 5. The number of nitrogens with zero attached hydrogens (tertiary/aromatic N) is 4. The van der Waals surface area contributed by atoms with Gasteiger partial charge >= 0.3 is 6.03 Å². The Morgan fingerprint density at radius 1 is 0.886 bits per heavy atom. The number of halogens is 2. The van der Waals surface area contributed by atoms with E-state index in [0.717, 1.165) is 11.6 Å². The zero-order valence-corrected chi connectivity index (χ0v) is 18.4. The van der Waals surface area contributed by atoms with Crippen molar-refractivity contribution in [3.05, 3.63) is 90.9 Å². The summed E-state index contributed by atoms with van der Waals surface area (Å²) >= 11 is 0. The molecule has 10 heteroatoms. The molecule has 2 amide bonds. The monoisotopic (exact) mass is 472 g/mol. The van der Waals surface area contributed by atoms with E-state index in [1.165, 1.54) is 36.4 Å². The van der Waals surface area contributed by atoms with Gasteiger partial charge in [0.1, 0.15) is 23.1 Å². The van der Waals surface area contributed by atoms with Gasteiger partial charge in [0, 0.05) is 48.4 Å². The minimum absolute atomic E-state index is 0.161. The largest absolute Gasteiger partial charge is 0.457 e. The quantitative estimate of drug-likeness (QED) is 0.340. The number of fused-ring (bicyclic) bond motifs is 1. The molecule has 0 saturated carbocycles. The van der Waals surface area contributed by atoms with Crippen LogP contribution in [0.15, 0.2) is 79.3 Å². The number of amides is 2. The zero-order chi connectivity index (χ0) is 24.4. The number of aryl methyl sites for hydroxylation is 1. The highest BCUT2D eigenvalue weighted by Gasteiger charge is 2.10. The maximum absolute atomic E-state index is 14.2. The van der Waals surface area contributed by atoms with Crippen LogP contribution >= 0.6 is 0 Å². The molecule has 2 aromatic heterocycles. The molecular weight excluding hydrogens is 454 g/mol. The second-order valence-corrected chi connectivity index (χ2v) is 7.68. The summed E-state index contributed by atoms with van der Waals surface area (Å²) in [5.74, 6) is -0.516. The maximum atomic E-state index is 14.2. The van der Waals surface area contributed by atoms with E-state index in [2.05, 4.69) is 25.7 Å². The third-order valence-corrected chi connectivity index (χ3v) is 4.96. The molecule has 2 N–H and O–H groups in total. The van der Waals surface area contributed by atoms with Gasteiger partial charge in [-0.25, -0.2) is 18.6 Å². The van der Waals surface area contributed by atoms with Crippen LogP contribution in [0, 0.1) is 11.6 Å². The summed E-state index contributed by atoms with van der Waals surface area (Å²) in [6.45, 7) is 0. The molecule has 5 aromatic rings. The molecule has 0 fully saturated rings. The highest BCUT2D eigenvalue weighted by molar-refractivity contribution is 5.99. The Kier molecular flexibility index (Phi) is 5.76. The van der Waals surface area contributed by atoms with Gasteiger partial charge in [-0.2, -0.15) is 5.10 Å². The van der Waals surface area contributed by atoms with Gasteiger partial charge in [0.25, 0.3) is 0 Å². The van der Waals surface area contributed by atoms with Gasteiger partial charge in [0.15, 0.2) is 0 Å². The van der Waals surface area contributed by atoms with Gasteiger partial charge in [-0.15, -0.1) is 0 Å². The van der Waals surface area contributed by atoms with Gasteiger partial charge in [0.2, 0.25) is 0 Å². The molecule has 0 saturated heterocycles. The van der Waals surface area contributed by atoms with Crippen LogP contribution < -0.4 is 15.4 Å². The number of ether oxygens (including phenoxy) is 1. The van der Waals surface area contributed by atoms with Crippen molar-refractivity contribution in [3.8, 4) is 22.8 Å². The summed E-state index contributed by atoms with van der Waals surface area (Å²) in [5.41, 5.74) is 3.16. The average Bonchev–Trinajstić information content (AvgIpc) is 3.24. The first-order chi connectivity index (χ1) is 16.9. The molecule has 0 atom stereocenters. The normalized spacial score (nSPS) is 10.8. The fraction of sp³-hybridized carbons (Fsp3) is 0.0400. The van der Waals surface area contributed by atoms with E-state index in [9.17, 15) is 13.6 Å². The molecule has 0 aliphatic carbocycles. The fourth-order valence-corrected chi connectivity index (χ4v) is 3.44. The van der Waals surface area contributed by atoms with Crippen molar-refractivity contribution in [2.24, 2.45) is 7.05 Å². The van der Waals surface area contributed by atoms with E-state index in [4.69, 9.17) is 4.74 Å². The van der Waals surface area contributed by atoms with Crippen LogP contribution in [0.3, 0.4) is 0 Å². The van der Waals surface area contributed by atoms with Crippen LogP contribution in [0.25, 0.3) is 22.3 Å². The minimum Gasteiger partial charge on any atom is -0.457 e. The van der Waals surface area contributed by atoms with E-state index >= 15 is 0 Å². The Labute approximate surface area is 198 Å². The van der Waals surface area contributed by atoms with Crippen LogP contribution in [0.5, 0.6) is 11.5 Å². The van der Waals surface area contributed by atoms with E-state index in [-0.39, 0.29) is 17.1 Å². The standard InChI is InChI=1S/C25H18F2N6O2/c1-33-14-15(12-29-33)24-13-28-22-6-5-20(11-23(22)32-24)35-21-9-17(27)8-19(10-21)31-25(34)30-18-4-2-3-16(26)7-18/h2-14H,1H3,(H2,30,31,34). The second kappa shape index (κ2) is 9.18. The van der Waals surface area contributed by atoms with Gasteiger partial charge < -0.3 is 15.4 Å². The number of hydrogen-bond donors (Lipinski definition) is 2. The number of benzene rings is 3. The summed E-state index contributed by atoms with van der Waals surface area (Å²) in [4.78, 5) is 21.3. The summed E-state index contributed by atoms with van der Waals surface area (Å²) in [6.07, 6.45) is 5.20. The van der Waals surface area contributed by atoms with Crippen LogP contribution in [-0.4, -0.2) is 25.8 Å². The molecule has 0 aliphatic rings. The lowest BCUT2D eigenvalue weighted by atomic mass is 10.2. The van der Waals surface area contributed by atoms with Crippen LogP contribution in [0.1, 0.15) is 0 Å². The summed E-state index contributed by atoms with van der Waals surface area (Å²) in [5, 5.41) is 9.15. The highest BCUT2D eigenvalue weighted by Crippen LogP contribution is 2.28. The Bertz CT molecular complexity index is 1550. The number of carbonyl (C=O) groups is 1. The van der Waals surface area contributed by atoms with Gasteiger partial charge in [0.05, 0.1) is 29.1 Å². The maximum Gasteiger partial charge on any atom is 0.323 e. The van der Waals surface area contributed by atoms with E-state index < -0.39 is 17.7 Å². The minimum atomic E-state index is -0.656. The van der Waals surface area contributed by atoms with Crippen LogP contribution in [-0.2, 0) is 7.05 Å². The fourth-order valence-electron chi connectivity index (χ4n) is 3.44. The first-order valence-corrected chi connectivity index (χ1v) is 10.5. The SMILES string of the molecule is Cn1cc(-c2cnc3ccc(Oc4cc(F)cc(NC(=O)Nc5cccc(F)c5)c4)cc3n2)cn1. The molecule has 174 valence electrons. The molecule has 2 heterocycles.